The van der Waals surface area contributed by atoms with E-state index in [0.717, 1.165) is 25.0 Å². The van der Waals surface area contributed by atoms with Gasteiger partial charge in [0.05, 0.1) is 5.69 Å². The van der Waals surface area contributed by atoms with Gasteiger partial charge in [0.15, 0.2) is 0 Å². The Bertz CT molecular complexity index is 463. The highest BCUT2D eigenvalue weighted by Crippen LogP contribution is 2.35. The average molecular weight is 315 g/mol. The molecular weight excluding hydrogens is 296 g/mol. The fourth-order valence-corrected chi connectivity index (χ4v) is 3.10. The Labute approximate surface area is 115 Å². The van der Waals surface area contributed by atoms with Gasteiger partial charge in [-0.2, -0.15) is 0 Å². The highest BCUT2D eigenvalue weighted by Gasteiger charge is 2.24. The molecule has 0 spiro atoms. The molecule has 0 radical (unpaired) electrons. The van der Waals surface area contributed by atoms with E-state index < -0.39 is 0 Å². The van der Waals surface area contributed by atoms with E-state index in [1.54, 1.807) is 7.11 Å². The summed E-state index contributed by atoms with van der Waals surface area (Å²) in [5, 5.41) is 0. The molecule has 1 aromatic rings. The van der Waals surface area contributed by atoms with Crippen molar-refractivity contribution in [3.63, 3.8) is 0 Å². The van der Waals surface area contributed by atoms with Crippen molar-refractivity contribution in [1.82, 2.24) is 9.97 Å². The van der Waals surface area contributed by atoms with E-state index >= 15 is 0 Å². The summed E-state index contributed by atoms with van der Waals surface area (Å²) >= 11 is 3.37. The summed E-state index contributed by atoms with van der Waals surface area (Å²) in [6, 6.07) is 0. The predicted octanol–water partition coefficient (Wildman–Crippen LogP) is 3.29. The monoisotopic (exact) mass is 314 g/mol. The number of aromatic amines is 1. The summed E-state index contributed by atoms with van der Waals surface area (Å²) in [4.78, 5) is 19.4. The maximum Gasteiger partial charge on any atom is 0.265 e. The molecule has 0 saturated heterocycles. The van der Waals surface area contributed by atoms with Crippen molar-refractivity contribution in [3.05, 3.63) is 26.3 Å². The first-order valence-corrected chi connectivity index (χ1v) is 7.29. The van der Waals surface area contributed by atoms with Crippen LogP contribution in [0.1, 0.15) is 62.6 Å². The quantitative estimate of drug-likeness (QED) is 0.927. The topological polar surface area (TPSA) is 55.0 Å². The third kappa shape index (κ3) is 2.67. The Balaban J connectivity index is 2.42. The summed E-state index contributed by atoms with van der Waals surface area (Å²) in [5.74, 6) is 1.06. The Kier molecular flexibility index (Phi) is 4.56. The van der Waals surface area contributed by atoms with Crippen molar-refractivity contribution in [2.45, 2.75) is 51.0 Å². The second-order valence-electron chi connectivity index (χ2n) is 4.76. The number of H-pyrrole nitrogens is 1. The molecule has 1 aliphatic rings. The lowest BCUT2D eigenvalue weighted by atomic mass is 10.0. The van der Waals surface area contributed by atoms with E-state index in [1.165, 1.54) is 12.8 Å². The molecule has 1 aliphatic carbocycles. The smallest absolute Gasteiger partial charge is 0.265 e. The molecular formula is C13H19BrN2O2. The van der Waals surface area contributed by atoms with Gasteiger partial charge in [-0.05, 0) is 35.2 Å². The zero-order valence-corrected chi connectivity index (χ0v) is 12.4. The third-order valence-electron chi connectivity index (χ3n) is 3.61. The maximum absolute atomic E-state index is 12.0. The van der Waals surface area contributed by atoms with Crippen LogP contribution in [0, 0.1) is 0 Å². The SMILES string of the molecule is CCC(OC)c1nc(C2CCCC2)c(Br)c(=O)[nH]1. The number of rotatable bonds is 4. The molecule has 5 heteroatoms. The van der Waals surface area contributed by atoms with Crippen LogP contribution in [0.15, 0.2) is 9.27 Å². The van der Waals surface area contributed by atoms with E-state index in [4.69, 9.17) is 4.74 Å². The van der Waals surface area contributed by atoms with Gasteiger partial charge in [-0.15, -0.1) is 0 Å². The van der Waals surface area contributed by atoms with Crippen molar-refractivity contribution < 1.29 is 4.74 Å². The third-order valence-corrected chi connectivity index (χ3v) is 4.38. The van der Waals surface area contributed by atoms with Gasteiger partial charge in [0, 0.05) is 13.0 Å². The molecule has 1 unspecified atom stereocenters. The van der Waals surface area contributed by atoms with Crippen molar-refractivity contribution in [1.29, 1.82) is 0 Å². The van der Waals surface area contributed by atoms with Gasteiger partial charge in [-0.25, -0.2) is 4.98 Å². The van der Waals surface area contributed by atoms with Gasteiger partial charge >= 0.3 is 0 Å². The van der Waals surface area contributed by atoms with Crippen LogP contribution < -0.4 is 5.56 Å². The van der Waals surface area contributed by atoms with Gasteiger partial charge < -0.3 is 9.72 Å². The number of halogens is 1. The van der Waals surface area contributed by atoms with Crippen LogP contribution in [-0.2, 0) is 4.74 Å². The molecule has 0 amide bonds. The fourth-order valence-electron chi connectivity index (χ4n) is 2.59. The largest absolute Gasteiger partial charge is 0.374 e. The number of hydrogen-bond donors (Lipinski definition) is 1. The Morgan fingerprint density at radius 1 is 1.50 bits per heavy atom. The Morgan fingerprint density at radius 2 is 2.17 bits per heavy atom. The van der Waals surface area contributed by atoms with E-state index in [2.05, 4.69) is 25.9 Å². The summed E-state index contributed by atoms with van der Waals surface area (Å²) in [7, 11) is 1.64. The summed E-state index contributed by atoms with van der Waals surface area (Å²) in [6.07, 6.45) is 5.36. The van der Waals surface area contributed by atoms with Crippen molar-refractivity contribution >= 4 is 15.9 Å². The lowest BCUT2D eigenvalue weighted by Crippen LogP contribution is -2.19. The lowest BCUT2D eigenvalue weighted by molar-refractivity contribution is 0.0920. The first-order chi connectivity index (χ1) is 8.67. The highest BCUT2D eigenvalue weighted by molar-refractivity contribution is 9.10. The minimum absolute atomic E-state index is 0.0996. The molecule has 0 bridgehead atoms. The molecule has 1 N–H and O–H groups in total. The molecule has 1 heterocycles. The number of ether oxygens (including phenoxy) is 1. The van der Waals surface area contributed by atoms with Crippen LogP contribution in [0.3, 0.4) is 0 Å². The molecule has 4 nitrogen and oxygen atoms in total. The summed E-state index contributed by atoms with van der Waals surface area (Å²) in [5.41, 5.74) is 0.805. The standard InChI is InChI=1S/C13H19BrN2O2/c1-3-9(18-2)12-15-11(8-6-4-5-7-8)10(14)13(17)16-12/h8-9H,3-7H2,1-2H3,(H,15,16,17). The number of aromatic nitrogens is 2. The summed E-state index contributed by atoms with van der Waals surface area (Å²) < 4.78 is 5.94. The molecule has 18 heavy (non-hydrogen) atoms. The van der Waals surface area contributed by atoms with Crippen molar-refractivity contribution in [3.8, 4) is 0 Å². The van der Waals surface area contributed by atoms with Crippen LogP contribution in [0.25, 0.3) is 0 Å². The van der Waals surface area contributed by atoms with E-state index in [9.17, 15) is 4.79 Å². The minimum atomic E-state index is -0.133. The number of nitrogens with one attached hydrogen (secondary N) is 1. The zero-order valence-electron chi connectivity index (χ0n) is 10.8. The molecule has 1 saturated carbocycles. The van der Waals surface area contributed by atoms with Gasteiger partial charge in [0.1, 0.15) is 16.4 Å². The normalized spacial score (nSPS) is 18.2. The van der Waals surface area contributed by atoms with E-state index in [1.807, 2.05) is 6.92 Å². The van der Waals surface area contributed by atoms with Gasteiger partial charge in [0.25, 0.3) is 5.56 Å². The van der Waals surface area contributed by atoms with Crippen molar-refractivity contribution in [2.75, 3.05) is 7.11 Å². The van der Waals surface area contributed by atoms with Crippen LogP contribution in [0.4, 0.5) is 0 Å². The van der Waals surface area contributed by atoms with Crippen LogP contribution in [-0.4, -0.2) is 17.1 Å². The second-order valence-corrected chi connectivity index (χ2v) is 5.56. The average Bonchev–Trinajstić information content (AvgIpc) is 2.88. The van der Waals surface area contributed by atoms with E-state index in [-0.39, 0.29) is 11.7 Å². The maximum atomic E-state index is 12.0. The van der Waals surface area contributed by atoms with Gasteiger partial charge in [-0.1, -0.05) is 19.8 Å². The Hall–Kier alpha value is -0.680. The van der Waals surface area contributed by atoms with Crippen LogP contribution in [0.2, 0.25) is 0 Å². The number of methoxy groups -OCH3 is 1. The van der Waals surface area contributed by atoms with Crippen LogP contribution >= 0.6 is 15.9 Å². The lowest BCUT2D eigenvalue weighted by Gasteiger charge is -2.16. The molecule has 1 fully saturated rings. The zero-order chi connectivity index (χ0) is 13.1. The van der Waals surface area contributed by atoms with Gasteiger partial charge in [-0.3, -0.25) is 4.79 Å². The molecule has 1 aromatic heterocycles. The molecule has 0 aliphatic heterocycles. The predicted molar refractivity (Wildman–Crippen MR) is 73.8 cm³/mol. The molecule has 100 valence electrons. The molecule has 2 rings (SSSR count). The fraction of sp³-hybridized carbons (Fsp3) is 0.692. The molecule has 0 aromatic carbocycles. The Morgan fingerprint density at radius 3 is 2.72 bits per heavy atom. The first-order valence-electron chi connectivity index (χ1n) is 6.49. The van der Waals surface area contributed by atoms with Gasteiger partial charge in [0.2, 0.25) is 0 Å². The van der Waals surface area contributed by atoms with Crippen molar-refractivity contribution in [2.24, 2.45) is 0 Å². The minimum Gasteiger partial charge on any atom is -0.374 e. The van der Waals surface area contributed by atoms with E-state index in [0.29, 0.717) is 16.2 Å². The van der Waals surface area contributed by atoms with Crippen LogP contribution in [0.5, 0.6) is 0 Å². The number of nitrogens with zero attached hydrogens (tertiary/aromatic N) is 1. The summed E-state index contributed by atoms with van der Waals surface area (Å²) in [6.45, 7) is 2.02. The second kappa shape index (κ2) is 5.97. The first kappa shape index (κ1) is 13.7. The molecule has 1 atom stereocenters. The number of hydrogen-bond acceptors (Lipinski definition) is 3. The highest BCUT2D eigenvalue weighted by atomic mass is 79.9.